The first-order valence-electron chi connectivity index (χ1n) is 10.7. The van der Waals surface area contributed by atoms with Crippen LogP contribution in [0.5, 0.6) is 5.75 Å². The largest absolute Gasteiger partial charge is 0.496 e. The Bertz CT molecular complexity index is 953. The molecule has 0 saturated heterocycles. The predicted molar refractivity (Wildman–Crippen MR) is 122 cm³/mol. The van der Waals surface area contributed by atoms with Gasteiger partial charge in [-0.05, 0) is 45.4 Å². The van der Waals surface area contributed by atoms with Crippen LogP contribution in [0.3, 0.4) is 0 Å². The van der Waals surface area contributed by atoms with E-state index in [9.17, 15) is 9.59 Å². The molecular formula is C25H30N2O4. The molecule has 0 aliphatic carbocycles. The van der Waals surface area contributed by atoms with Crippen molar-refractivity contribution in [2.75, 3.05) is 31.7 Å². The fourth-order valence-corrected chi connectivity index (χ4v) is 3.73. The number of imide groups is 1. The van der Waals surface area contributed by atoms with Crippen molar-refractivity contribution in [1.29, 1.82) is 0 Å². The number of ether oxygens (including phenoxy) is 2. The van der Waals surface area contributed by atoms with Crippen LogP contribution in [-0.2, 0) is 14.3 Å². The van der Waals surface area contributed by atoms with Gasteiger partial charge in [0, 0.05) is 30.9 Å². The van der Waals surface area contributed by atoms with Crippen LogP contribution in [0.4, 0.5) is 5.69 Å². The van der Waals surface area contributed by atoms with Gasteiger partial charge in [0.25, 0.3) is 11.8 Å². The number of hydrogen-bond donors (Lipinski definition) is 0. The van der Waals surface area contributed by atoms with E-state index in [-0.39, 0.29) is 17.9 Å². The smallest absolute Gasteiger partial charge is 0.278 e. The molecular weight excluding hydrogens is 392 g/mol. The molecule has 6 nitrogen and oxygen atoms in total. The Balaban J connectivity index is 2.04. The maximum Gasteiger partial charge on any atom is 0.278 e. The van der Waals surface area contributed by atoms with Gasteiger partial charge in [-0.2, -0.15) is 0 Å². The van der Waals surface area contributed by atoms with Crippen LogP contribution in [0.25, 0.3) is 5.57 Å². The number of carbonyl (C=O) groups is 2. The highest BCUT2D eigenvalue weighted by Crippen LogP contribution is 2.37. The molecule has 0 N–H and O–H groups in total. The lowest BCUT2D eigenvalue weighted by molar-refractivity contribution is -0.137. The summed E-state index contributed by atoms with van der Waals surface area (Å²) in [5, 5.41) is 0. The second kappa shape index (κ2) is 10.3. The third-order valence-electron chi connectivity index (χ3n) is 5.15. The summed E-state index contributed by atoms with van der Waals surface area (Å²) in [6.07, 6.45) is 0.691. The lowest BCUT2D eigenvalue weighted by Crippen LogP contribution is -2.36. The topological polar surface area (TPSA) is 59.1 Å². The van der Waals surface area contributed by atoms with Crippen LogP contribution in [0.2, 0.25) is 0 Å². The average Bonchev–Trinajstić information content (AvgIpc) is 3.02. The summed E-state index contributed by atoms with van der Waals surface area (Å²) in [4.78, 5) is 30.2. The molecule has 1 aliphatic heterocycles. The van der Waals surface area contributed by atoms with Crippen LogP contribution in [0.15, 0.2) is 60.3 Å². The molecule has 0 atom stereocenters. The summed E-state index contributed by atoms with van der Waals surface area (Å²) in [6, 6.07) is 17.0. The molecule has 3 rings (SSSR count). The van der Waals surface area contributed by atoms with Crippen LogP contribution in [0, 0.1) is 0 Å². The van der Waals surface area contributed by atoms with E-state index in [1.54, 1.807) is 13.2 Å². The van der Waals surface area contributed by atoms with E-state index < -0.39 is 0 Å². The lowest BCUT2D eigenvalue weighted by atomic mass is 10.0. The van der Waals surface area contributed by atoms with Gasteiger partial charge >= 0.3 is 0 Å². The number of likely N-dealkylation sites (N-methyl/N-ethyl adjacent to an activating group) is 1. The SMILES string of the molecule is CCN(C1=C(c2ccccc2OC)C(=O)N(CCCOC(C)C)C1=O)c1ccccc1. The van der Waals surface area contributed by atoms with Gasteiger partial charge in [0.2, 0.25) is 0 Å². The minimum Gasteiger partial charge on any atom is -0.496 e. The summed E-state index contributed by atoms with van der Waals surface area (Å²) < 4.78 is 11.1. The Labute approximate surface area is 184 Å². The van der Waals surface area contributed by atoms with Crippen LogP contribution in [0.1, 0.15) is 32.8 Å². The van der Waals surface area contributed by atoms with Crippen molar-refractivity contribution in [3.63, 3.8) is 0 Å². The van der Waals surface area contributed by atoms with E-state index in [1.807, 2.05) is 74.2 Å². The minimum atomic E-state index is -0.302. The first kappa shape index (κ1) is 22.6. The van der Waals surface area contributed by atoms with E-state index in [1.165, 1.54) is 4.90 Å². The highest BCUT2D eigenvalue weighted by atomic mass is 16.5. The van der Waals surface area contributed by atoms with E-state index in [2.05, 4.69) is 0 Å². The van der Waals surface area contributed by atoms with Crippen molar-refractivity contribution in [1.82, 2.24) is 4.90 Å². The molecule has 2 aromatic carbocycles. The standard InChI is InChI=1S/C25H30N2O4/c1-5-26(19-12-7-6-8-13-19)23-22(20-14-9-10-15-21(20)30-4)24(28)27(25(23)29)16-11-17-31-18(2)3/h6-10,12-15,18H,5,11,16-17H2,1-4H3. The first-order valence-corrected chi connectivity index (χ1v) is 10.7. The van der Waals surface area contributed by atoms with E-state index in [4.69, 9.17) is 9.47 Å². The molecule has 31 heavy (non-hydrogen) atoms. The third-order valence-corrected chi connectivity index (χ3v) is 5.15. The van der Waals surface area contributed by atoms with Crippen molar-refractivity contribution in [2.24, 2.45) is 0 Å². The van der Waals surface area contributed by atoms with Gasteiger partial charge in [0.1, 0.15) is 11.4 Å². The lowest BCUT2D eigenvalue weighted by Gasteiger charge is -2.25. The zero-order valence-electron chi connectivity index (χ0n) is 18.6. The Kier molecular flexibility index (Phi) is 7.47. The summed E-state index contributed by atoms with van der Waals surface area (Å²) >= 11 is 0. The predicted octanol–water partition coefficient (Wildman–Crippen LogP) is 4.12. The minimum absolute atomic E-state index is 0.108. The van der Waals surface area contributed by atoms with Gasteiger partial charge in [0.15, 0.2) is 0 Å². The van der Waals surface area contributed by atoms with Gasteiger partial charge < -0.3 is 14.4 Å². The summed E-state index contributed by atoms with van der Waals surface area (Å²) in [7, 11) is 1.57. The van der Waals surface area contributed by atoms with Gasteiger partial charge in [-0.25, -0.2) is 0 Å². The second-order valence-corrected chi connectivity index (χ2v) is 7.54. The number of amides is 2. The molecule has 1 aliphatic rings. The summed E-state index contributed by atoms with van der Waals surface area (Å²) in [5.41, 5.74) is 2.23. The normalized spacial score (nSPS) is 14.0. The fraction of sp³-hybridized carbons (Fsp3) is 0.360. The highest BCUT2D eigenvalue weighted by Gasteiger charge is 2.42. The van der Waals surface area contributed by atoms with Crippen molar-refractivity contribution in [3.05, 3.63) is 65.9 Å². The Morgan fingerprint density at radius 2 is 1.65 bits per heavy atom. The number of methoxy groups -OCH3 is 1. The average molecular weight is 423 g/mol. The monoisotopic (exact) mass is 422 g/mol. The molecule has 0 bridgehead atoms. The van der Waals surface area contributed by atoms with Crippen molar-refractivity contribution in [3.8, 4) is 5.75 Å². The summed E-state index contributed by atoms with van der Waals surface area (Å²) in [5.74, 6) is -0.0326. The number of hydrogen-bond acceptors (Lipinski definition) is 5. The fourth-order valence-electron chi connectivity index (χ4n) is 3.73. The van der Waals surface area contributed by atoms with Crippen LogP contribution in [-0.4, -0.2) is 49.6 Å². The molecule has 0 fully saturated rings. The zero-order chi connectivity index (χ0) is 22.4. The Hall–Kier alpha value is -3.12. The first-order chi connectivity index (χ1) is 15.0. The molecule has 0 saturated carbocycles. The number of rotatable bonds is 10. The van der Waals surface area contributed by atoms with Gasteiger partial charge in [0.05, 0.1) is 18.8 Å². The molecule has 1 heterocycles. The van der Waals surface area contributed by atoms with Gasteiger partial charge in [-0.1, -0.05) is 36.4 Å². The number of carbonyl (C=O) groups excluding carboxylic acids is 2. The maximum absolute atomic E-state index is 13.5. The zero-order valence-corrected chi connectivity index (χ0v) is 18.6. The molecule has 0 radical (unpaired) electrons. The van der Waals surface area contributed by atoms with E-state index in [0.717, 1.165) is 5.69 Å². The van der Waals surface area contributed by atoms with E-state index in [0.29, 0.717) is 48.7 Å². The highest BCUT2D eigenvalue weighted by molar-refractivity contribution is 6.37. The molecule has 2 aromatic rings. The van der Waals surface area contributed by atoms with Crippen LogP contribution >= 0.6 is 0 Å². The molecule has 0 unspecified atom stereocenters. The molecule has 2 amide bonds. The van der Waals surface area contributed by atoms with E-state index >= 15 is 0 Å². The molecule has 6 heteroatoms. The number of benzene rings is 2. The number of anilines is 1. The number of nitrogens with zero attached hydrogens (tertiary/aromatic N) is 2. The molecule has 0 aromatic heterocycles. The quantitative estimate of drug-likeness (QED) is 0.426. The van der Waals surface area contributed by atoms with Gasteiger partial charge in [-0.3, -0.25) is 14.5 Å². The number of para-hydroxylation sites is 2. The van der Waals surface area contributed by atoms with Crippen molar-refractivity contribution in [2.45, 2.75) is 33.3 Å². The van der Waals surface area contributed by atoms with Crippen LogP contribution < -0.4 is 9.64 Å². The Morgan fingerprint density at radius 3 is 2.29 bits per heavy atom. The third kappa shape index (κ3) is 4.80. The molecule has 164 valence electrons. The van der Waals surface area contributed by atoms with Gasteiger partial charge in [-0.15, -0.1) is 0 Å². The van der Waals surface area contributed by atoms with Crippen molar-refractivity contribution < 1.29 is 19.1 Å². The summed E-state index contributed by atoms with van der Waals surface area (Å²) in [6.45, 7) is 7.23. The second-order valence-electron chi connectivity index (χ2n) is 7.54. The van der Waals surface area contributed by atoms with Crippen molar-refractivity contribution >= 4 is 23.1 Å². The Morgan fingerprint density at radius 1 is 0.968 bits per heavy atom. The maximum atomic E-state index is 13.5. The molecule has 0 spiro atoms.